The summed E-state index contributed by atoms with van der Waals surface area (Å²) in [6.45, 7) is 8.87. The number of anilines is 1. The molecule has 2 aromatic carbocycles. The molecular weight excluding hydrogens is 378 g/mol. The van der Waals surface area contributed by atoms with Crippen molar-refractivity contribution in [2.75, 3.05) is 18.0 Å². The number of para-hydroxylation sites is 2. The van der Waals surface area contributed by atoms with Crippen molar-refractivity contribution in [3.63, 3.8) is 0 Å². The van der Waals surface area contributed by atoms with E-state index in [9.17, 15) is 9.59 Å². The first-order chi connectivity index (χ1) is 14.3. The first kappa shape index (κ1) is 21.8. The molecule has 0 spiro atoms. The minimum atomic E-state index is -0.853. The Labute approximate surface area is 178 Å². The van der Waals surface area contributed by atoms with Crippen LogP contribution in [0.1, 0.15) is 50.8 Å². The highest BCUT2D eigenvalue weighted by Crippen LogP contribution is 2.33. The summed E-state index contributed by atoms with van der Waals surface area (Å²) in [5.74, 6) is 0.566. The van der Waals surface area contributed by atoms with E-state index < -0.39 is 12.0 Å². The molecule has 2 amide bonds. The van der Waals surface area contributed by atoms with Gasteiger partial charge in [-0.1, -0.05) is 64.1 Å². The van der Waals surface area contributed by atoms with E-state index in [1.165, 1.54) is 5.56 Å². The number of nitrogens with zero attached hydrogens (tertiary/aromatic N) is 1. The number of carbonyl (C=O) groups excluding carboxylic acids is 2. The van der Waals surface area contributed by atoms with Crippen molar-refractivity contribution in [1.29, 1.82) is 0 Å². The molecule has 2 unspecified atom stereocenters. The average Bonchev–Trinajstić information content (AvgIpc) is 2.73. The van der Waals surface area contributed by atoms with Crippen molar-refractivity contribution in [2.24, 2.45) is 11.7 Å². The molecule has 0 saturated carbocycles. The number of hydrogen-bond donors (Lipinski definition) is 2. The molecule has 6 nitrogen and oxygen atoms in total. The highest BCUT2D eigenvalue weighted by atomic mass is 16.5. The first-order valence-corrected chi connectivity index (χ1v) is 10.5. The van der Waals surface area contributed by atoms with Gasteiger partial charge in [-0.25, -0.2) is 0 Å². The zero-order valence-corrected chi connectivity index (χ0v) is 18.1. The van der Waals surface area contributed by atoms with E-state index in [0.29, 0.717) is 23.3 Å². The van der Waals surface area contributed by atoms with Gasteiger partial charge in [0.15, 0.2) is 6.10 Å². The number of primary amides is 1. The zero-order chi connectivity index (χ0) is 21.8. The molecule has 2 aromatic rings. The van der Waals surface area contributed by atoms with Crippen LogP contribution in [0.3, 0.4) is 0 Å². The molecule has 3 rings (SSSR count). The van der Waals surface area contributed by atoms with Crippen LogP contribution in [0.15, 0.2) is 48.5 Å². The minimum Gasteiger partial charge on any atom is -0.477 e. The molecule has 0 fully saturated rings. The summed E-state index contributed by atoms with van der Waals surface area (Å²) in [6, 6.07) is 15.8. The predicted octanol–water partition coefficient (Wildman–Crippen LogP) is 3.38. The van der Waals surface area contributed by atoms with Crippen LogP contribution in [0.5, 0.6) is 5.75 Å². The van der Waals surface area contributed by atoms with Gasteiger partial charge in [-0.15, -0.1) is 0 Å². The van der Waals surface area contributed by atoms with Crippen molar-refractivity contribution in [3.8, 4) is 5.75 Å². The lowest BCUT2D eigenvalue weighted by Crippen LogP contribution is -2.51. The molecular formula is C24H31N3O3. The van der Waals surface area contributed by atoms with Gasteiger partial charge >= 0.3 is 0 Å². The molecule has 3 N–H and O–H groups in total. The minimum absolute atomic E-state index is 0.0402. The predicted molar refractivity (Wildman–Crippen MR) is 119 cm³/mol. The van der Waals surface area contributed by atoms with Crippen molar-refractivity contribution >= 4 is 17.5 Å². The molecule has 30 heavy (non-hydrogen) atoms. The number of carbonyl (C=O) groups is 2. The highest BCUT2D eigenvalue weighted by Gasteiger charge is 2.32. The van der Waals surface area contributed by atoms with E-state index in [4.69, 9.17) is 10.5 Å². The van der Waals surface area contributed by atoms with E-state index in [2.05, 4.69) is 57.3 Å². The molecule has 0 aromatic heterocycles. The first-order valence-electron chi connectivity index (χ1n) is 10.5. The van der Waals surface area contributed by atoms with Crippen LogP contribution < -0.4 is 20.7 Å². The summed E-state index contributed by atoms with van der Waals surface area (Å²) in [6.07, 6.45) is -0.853. The molecule has 0 saturated heterocycles. The van der Waals surface area contributed by atoms with Gasteiger partial charge in [-0.3, -0.25) is 9.59 Å². The molecule has 0 radical (unpaired) electrons. The van der Waals surface area contributed by atoms with Gasteiger partial charge in [0.05, 0.1) is 18.8 Å². The third-order valence-electron chi connectivity index (χ3n) is 5.49. The molecule has 1 heterocycles. The molecule has 0 aliphatic carbocycles. The Balaban J connectivity index is 1.74. The Morgan fingerprint density at radius 1 is 1.07 bits per heavy atom. The van der Waals surface area contributed by atoms with Crippen molar-refractivity contribution in [2.45, 2.75) is 45.8 Å². The van der Waals surface area contributed by atoms with Crippen LogP contribution in [-0.4, -0.2) is 31.0 Å². The molecule has 2 atom stereocenters. The number of hydrogen-bond acceptors (Lipinski definition) is 4. The van der Waals surface area contributed by atoms with E-state index in [1.807, 2.05) is 12.1 Å². The lowest BCUT2D eigenvalue weighted by molar-refractivity contribution is -0.125. The Morgan fingerprint density at radius 3 is 2.30 bits per heavy atom. The summed E-state index contributed by atoms with van der Waals surface area (Å²) >= 11 is 0. The van der Waals surface area contributed by atoms with Crippen LogP contribution >= 0.6 is 0 Å². The molecule has 6 heteroatoms. The number of nitrogens with one attached hydrogen (secondary N) is 1. The third kappa shape index (κ3) is 4.82. The van der Waals surface area contributed by atoms with Crippen molar-refractivity contribution in [3.05, 3.63) is 59.7 Å². The smallest absolute Gasteiger partial charge is 0.260 e. The van der Waals surface area contributed by atoms with Gasteiger partial charge < -0.3 is 20.7 Å². The summed E-state index contributed by atoms with van der Waals surface area (Å²) in [5, 5.41) is 3.41. The second-order valence-electron chi connectivity index (χ2n) is 8.40. The van der Waals surface area contributed by atoms with Gasteiger partial charge in [0, 0.05) is 6.04 Å². The fraction of sp³-hybridized carbons (Fsp3) is 0.417. The quantitative estimate of drug-likeness (QED) is 0.734. The van der Waals surface area contributed by atoms with Crippen LogP contribution in [0.25, 0.3) is 0 Å². The van der Waals surface area contributed by atoms with Crippen molar-refractivity contribution < 1.29 is 14.3 Å². The maximum absolute atomic E-state index is 13.1. The Hall–Kier alpha value is -2.86. The third-order valence-corrected chi connectivity index (χ3v) is 5.49. The van der Waals surface area contributed by atoms with E-state index >= 15 is 0 Å². The molecule has 1 aliphatic heterocycles. The summed E-state index contributed by atoms with van der Waals surface area (Å²) in [5.41, 5.74) is 8.54. The maximum atomic E-state index is 13.1. The highest BCUT2D eigenvalue weighted by molar-refractivity contribution is 5.98. The molecule has 160 valence electrons. The number of ether oxygens (including phenoxy) is 1. The van der Waals surface area contributed by atoms with Gasteiger partial charge in [-0.2, -0.15) is 0 Å². The van der Waals surface area contributed by atoms with Gasteiger partial charge in [0.2, 0.25) is 5.91 Å². The van der Waals surface area contributed by atoms with E-state index in [0.717, 1.165) is 5.56 Å². The van der Waals surface area contributed by atoms with Gasteiger partial charge in [0.25, 0.3) is 5.91 Å². The lowest BCUT2D eigenvalue weighted by Gasteiger charge is -2.34. The van der Waals surface area contributed by atoms with Crippen LogP contribution in [-0.2, 0) is 9.59 Å². The fourth-order valence-corrected chi connectivity index (χ4v) is 3.74. The van der Waals surface area contributed by atoms with Crippen molar-refractivity contribution in [1.82, 2.24) is 5.32 Å². The van der Waals surface area contributed by atoms with E-state index in [-0.39, 0.29) is 25.0 Å². The SMILES string of the molecule is CC(C)c1ccc(C(NCC(=O)N2CC(C(N)=O)Oc3ccccc32)C(C)C)cc1. The van der Waals surface area contributed by atoms with Crippen LogP contribution in [0.4, 0.5) is 5.69 Å². The second-order valence-corrected chi connectivity index (χ2v) is 8.40. The summed E-state index contributed by atoms with van der Waals surface area (Å²) < 4.78 is 5.65. The van der Waals surface area contributed by atoms with E-state index in [1.54, 1.807) is 17.0 Å². The second kappa shape index (κ2) is 9.30. The zero-order valence-electron chi connectivity index (χ0n) is 18.1. The monoisotopic (exact) mass is 409 g/mol. The Bertz CT molecular complexity index is 893. The van der Waals surface area contributed by atoms with Crippen LogP contribution in [0, 0.1) is 5.92 Å². The Kier molecular flexibility index (Phi) is 6.77. The maximum Gasteiger partial charge on any atom is 0.260 e. The van der Waals surface area contributed by atoms with Crippen LogP contribution in [0.2, 0.25) is 0 Å². The number of rotatable bonds is 7. The number of nitrogens with two attached hydrogens (primary N) is 1. The Morgan fingerprint density at radius 2 is 1.70 bits per heavy atom. The average molecular weight is 410 g/mol. The largest absolute Gasteiger partial charge is 0.477 e. The fourth-order valence-electron chi connectivity index (χ4n) is 3.74. The molecule has 0 bridgehead atoms. The van der Waals surface area contributed by atoms with Gasteiger partial charge in [0.1, 0.15) is 5.75 Å². The topological polar surface area (TPSA) is 84.7 Å². The number of fused-ring (bicyclic) bond motifs is 1. The normalized spacial score (nSPS) is 16.9. The lowest BCUT2D eigenvalue weighted by atomic mass is 9.93. The van der Waals surface area contributed by atoms with Gasteiger partial charge in [-0.05, 0) is 35.1 Å². The summed E-state index contributed by atoms with van der Waals surface area (Å²) in [4.78, 5) is 26.4. The number of benzene rings is 2. The molecule has 1 aliphatic rings. The standard InChI is InChI=1S/C24H31N3O3/c1-15(2)17-9-11-18(12-10-17)23(16(3)4)26-13-22(28)27-14-21(24(25)29)30-20-8-6-5-7-19(20)27/h5-12,15-16,21,23,26H,13-14H2,1-4H3,(H2,25,29). The number of amides is 2. The summed E-state index contributed by atoms with van der Waals surface area (Å²) in [7, 11) is 0.